The van der Waals surface area contributed by atoms with Gasteiger partial charge in [-0.3, -0.25) is 4.98 Å². The lowest BCUT2D eigenvalue weighted by atomic mass is 9.85. The van der Waals surface area contributed by atoms with Crippen LogP contribution in [0.1, 0.15) is 28.8 Å². The summed E-state index contributed by atoms with van der Waals surface area (Å²) in [4.78, 5) is 8.68. The van der Waals surface area contributed by atoms with E-state index in [-0.39, 0.29) is 11.9 Å². The first-order valence-electron chi connectivity index (χ1n) is 9.71. The Kier molecular flexibility index (Phi) is 4.04. The second-order valence-corrected chi connectivity index (χ2v) is 7.80. The van der Waals surface area contributed by atoms with E-state index in [1.807, 2.05) is 30.3 Å². The first-order chi connectivity index (χ1) is 15.2. The molecule has 0 aliphatic carbocycles. The molecule has 31 heavy (non-hydrogen) atoms. The number of ether oxygens (including phenoxy) is 1. The van der Waals surface area contributed by atoms with Crippen LogP contribution in [0.2, 0.25) is 5.02 Å². The Morgan fingerprint density at radius 2 is 1.97 bits per heavy atom. The predicted molar refractivity (Wildman–Crippen MR) is 114 cm³/mol. The number of pyridine rings is 1. The first kappa shape index (κ1) is 18.1. The fourth-order valence-corrected chi connectivity index (χ4v) is 4.42. The summed E-state index contributed by atoms with van der Waals surface area (Å²) >= 11 is 6.32. The number of fused-ring (bicyclic) bond motifs is 3. The summed E-state index contributed by atoms with van der Waals surface area (Å²) < 4.78 is 22.4. The zero-order chi connectivity index (χ0) is 20.9. The van der Waals surface area contributed by atoms with Gasteiger partial charge in [-0.15, -0.1) is 0 Å². The number of anilines is 1. The summed E-state index contributed by atoms with van der Waals surface area (Å²) in [6, 6.07) is 15.4. The number of hydrogen-bond donors (Lipinski definition) is 1. The van der Waals surface area contributed by atoms with Crippen LogP contribution in [0.25, 0.3) is 5.70 Å². The molecule has 4 aromatic rings. The summed E-state index contributed by atoms with van der Waals surface area (Å²) in [5, 5.41) is 8.43. The average molecular weight is 432 g/mol. The third kappa shape index (κ3) is 2.89. The zero-order valence-electron chi connectivity index (χ0n) is 16.0. The molecule has 2 aromatic carbocycles. The van der Waals surface area contributed by atoms with E-state index in [9.17, 15) is 4.39 Å². The first-order valence-corrected chi connectivity index (χ1v) is 10.1. The number of hydrogen-bond acceptors (Lipinski definition) is 5. The monoisotopic (exact) mass is 431 g/mol. The number of nitrogens with one attached hydrogen (secondary N) is 1. The highest BCUT2D eigenvalue weighted by atomic mass is 35.5. The summed E-state index contributed by atoms with van der Waals surface area (Å²) in [5.74, 6) is 0.925. The molecule has 152 valence electrons. The van der Waals surface area contributed by atoms with Crippen molar-refractivity contribution in [3.63, 3.8) is 0 Å². The van der Waals surface area contributed by atoms with E-state index < -0.39 is 6.10 Å². The minimum Gasteiger partial charge on any atom is -0.480 e. The van der Waals surface area contributed by atoms with Gasteiger partial charge in [0.25, 0.3) is 0 Å². The van der Waals surface area contributed by atoms with E-state index in [0.29, 0.717) is 22.3 Å². The van der Waals surface area contributed by atoms with Crippen molar-refractivity contribution in [2.45, 2.75) is 12.1 Å². The highest BCUT2D eigenvalue weighted by molar-refractivity contribution is 6.30. The molecule has 0 saturated heterocycles. The van der Waals surface area contributed by atoms with Crippen molar-refractivity contribution >= 4 is 23.2 Å². The van der Waals surface area contributed by atoms with Gasteiger partial charge in [-0.05, 0) is 47.5 Å². The summed E-state index contributed by atoms with van der Waals surface area (Å²) in [5.41, 5.74) is 4.14. The van der Waals surface area contributed by atoms with E-state index in [1.54, 1.807) is 29.2 Å². The van der Waals surface area contributed by atoms with Gasteiger partial charge < -0.3 is 10.1 Å². The molecule has 2 aliphatic rings. The van der Waals surface area contributed by atoms with Gasteiger partial charge in [0.15, 0.2) is 0 Å². The standard InChI is InChI=1S/C23H15ClFN5O/c24-15-6-7-18-17(10-15)20-19(22(31-18)13-3-1-5-16(25)9-13)21(14-4-2-8-26-11-14)30-23(29-20)27-12-28-30/h1-12,21-22H,(H,27,28,29). The smallest absolute Gasteiger partial charge is 0.226 e. The highest BCUT2D eigenvalue weighted by Crippen LogP contribution is 2.50. The Labute approximate surface area is 182 Å². The normalized spacial score (nSPS) is 19.0. The molecule has 8 heteroatoms. The molecule has 0 amide bonds. The molecule has 6 rings (SSSR count). The topological polar surface area (TPSA) is 64.9 Å². The van der Waals surface area contributed by atoms with Gasteiger partial charge in [0.05, 0.1) is 5.70 Å². The Hall–Kier alpha value is -3.71. The second-order valence-electron chi connectivity index (χ2n) is 7.37. The molecule has 6 nitrogen and oxygen atoms in total. The molecular formula is C23H15ClFN5O. The van der Waals surface area contributed by atoms with Crippen LogP contribution >= 0.6 is 11.6 Å². The van der Waals surface area contributed by atoms with Gasteiger partial charge in [-0.2, -0.15) is 10.1 Å². The molecule has 0 radical (unpaired) electrons. The van der Waals surface area contributed by atoms with E-state index in [4.69, 9.17) is 16.3 Å². The van der Waals surface area contributed by atoms with Crippen molar-refractivity contribution in [2.24, 2.45) is 0 Å². The van der Waals surface area contributed by atoms with Crippen LogP contribution in [0.4, 0.5) is 10.3 Å². The lowest BCUT2D eigenvalue weighted by molar-refractivity contribution is 0.222. The molecule has 1 N–H and O–H groups in total. The van der Waals surface area contributed by atoms with E-state index >= 15 is 0 Å². The van der Waals surface area contributed by atoms with Crippen LogP contribution in [0, 0.1) is 5.82 Å². The summed E-state index contributed by atoms with van der Waals surface area (Å²) in [7, 11) is 0. The van der Waals surface area contributed by atoms with Gasteiger partial charge in [0.2, 0.25) is 5.95 Å². The maximum Gasteiger partial charge on any atom is 0.226 e. The van der Waals surface area contributed by atoms with Gasteiger partial charge in [-0.25, -0.2) is 9.07 Å². The number of rotatable bonds is 2. The lowest BCUT2D eigenvalue weighted by Crippen LogP contribution is -2.32. The molecule has 0 bridgehead atoms. The minimum atomic E-state index is -0.547. The van der Waals surface area contributed by atoms with Gasteiger partial charge >= 0.3 is 0 Å². The predicted octanol–water partition coefficient (Wildman–Crippen LogP) is 5.03. The van der Waals surface area contributed by atoms with Crippen LogP contribution in [0.3, 0.4) is 0 Å². The van der Waals surface area contributed by atoms with E-state index in [1.165, 1.54) is 18.5 Å². The molecule has 2 unspecified atom stereocenters. The van der Waals surface area contributed by atoms with Gasteiger partial charge in [-0.1, -0.05) is 29.8 Å². The van der Waals surface area contributed by atoms with Crippen LogP contribution in [0.15, 0.2) is 78.9 Å². The Morgan fingerprint density at radius 3 is 2.81 bits per heavy atom. The van der Waals surface area contributed by atoms with Crippen molar-refractivity contribution < 1.29 is 9.13 Å². The van der Waals surface area contributed by atoms with Gasteiger partial charge in [0.1, 0.15) is 30.0 Å². The Bertz CT molecular complexity index is 1340. The molecular weight excluding hydrogens is 417 g/mol. The maximum absolute atomic E-state index is 14.2. The summed E-state index contributed by atoms with van der Waals surface area (Å²) in [6.45, 7) is 0. The quantitative estimate of drug-likeness (QED) is 0.482. The third-order valence-electron chi connectivity index (χ3n) is 5.53. The van der Waals surface area contributed by atoms with E-state index in [2.05, 4.69) is 20.4 Å². The molecule has 2 aromatic heterocycles. The van der Waals surface area contributed by atoms with Crippen LogP contribution in [-0.4, -0.2) is 19.7 Å². The molecule has 2 aliphatic heterocycles. The molecule has 0 spiro atoms. The molecule has 2 atom stereocenters. The largest absolute Gasteiger partial charge is 0.480 e. The Morgan fingerprint density at radius 1 is 1.06 bits per heavy atom. The average Bonchev–Trinajstić information content (AvgIpc) is 3.26. The second kappa shape index (κ2) is 6.92. The van der Waals surface area contributed by atoms with E-state index in [0.717, 1.165) is 22.4 Å². The number of benzene rings is 2. The molecule has 0 fully saturated rings. The van der Waals surface area contributed by atoms with Crippen molar-refractivity contribution in [3.05, 3.63) is 106 Å². The minimum absolute atomic E-state index is 0.326. The fourth-order valence-electron chi connectivity index (χ4n) is 4.24. The highest BCUT2D eigenvalue weighted by Gasteiger charge is 2.41. The number of nitrogens with zero attached hydrogens (tertiary/aromatic N) is 4. The fraction of sp³-hybridized carbons (Fsp3) is 0.0870. The maximum atomic E-state index is 14.2. The van der Waals surface area contributed by atoms with Crippen molar-refractivity contribution in [1.29, 1.82) is 0 Å². The number of halogens is 2. The van der Waals surface area contributed by atoms with Crippen molar-refractivity contribution in [3.8, 4) is 5.75 Å². The number of aromatic nitrogens is 4. The third-order valence-corrected chi connectivity index (χ3v) is 5.76. The van der Waals surface area contributed by atoms with Crippen molar-refractivity contribution in [1.82, 2.24) is 19.7 Å². The van der Waals surface area contributed by atoms with Crippen LogP contribution < -0.4 is 10.1 Å². The van der Waals surface area contributed by atoms with Crippen molar-refractivity contribution in [2.75, 3.05) is 5.32 Å². The SMILES string of the molecule is Fc1cccc(C2Oc3ccc(Cl)cc3C3=C2C(c2cccnc2)n2ncnc2N3)c1. The summed E-state index contributed by atoms with van der Waals surface area (Å²) in [6.07, 6.45) is 4.47. The van der Waals surface area contributed by atoms with Crippen LogP contribution in [0.5, 0.6) is 5.75 Å². The Balaban J connectivity index is 1.65. The molecule has 0 saturated carbocycles. The van der Waals surface area contributed by atoms with Crippen LogP contribution in [-0.2, 0) is 0 Å². The lowest BCUT2D eigenvalue weighted by Gasteiger charge is -2.38. The van der Waals surface area contributed by atoms with Gasteiger partial charge in [0, 0.05) is 28.6 Å². The molecule has 4 heterocycles. The zero-order valence-corrected chi connectivity index (χ0v) is 16.8.